The van der Waals surface area contributed by atoms with E-state index in [0.29, 0.717) is 6.04 Å². The monoisotopic (exact) mass is 331 g/mol. The second kappa shape index (κ2) is 8.83. The van der Waals surface area contributed by atoms with Crippen LogP contribution in [0, 0.1) is 0 Å². The minimum absolute atomic E-state index is 0.00665. The second-order valence-corrected chi connectivity index (χ2v) is 6.69. The zero-order valence-corrected chi connectivity index (χ0v) is 14.9. The van der Waals surface area contributed by atoms with Crippen molar-refractivity contribution in [3.8, 4) is 0 Å². The molecule has 24 heavy (non-hydrogen) atoms. The molecule has 1 aromatic carbocycles. The van der Waals surface area contributed by atoms with Crippen LogP contribution in [0.15, 0.2) is 30.3 Å². The Balaban J connectivity index is 1.88. The van der Waals surface area contributed by atoms with Gasteiger partial charge in [-0.1, -0.05) is 43.7 Å². The Hall–Kier alpha value is -1.88. The summed E-state index contributed by atoms with van der Waals surface area (Å²) in [4.78, 5) is 26.3. The molecular weight excluding hydrogens is 302 g/mol. The maximum Gasteiger partial charge on any atom is 0.237 e. The zero-order chi connectivity index (χ0) is 17.5. The van der Waals surface area contributed by atoms with Crippen LogP contribution in [0.4, 0.5) is 0 Å². The molecule has 1 aliphatic carbocycles. The van der Waals surface area contributed by atoms with Crippen LogP contribution >= 0.6 is 0 Å². The van der Waals surface area contributed by atoms with Crippen LogP contribution < -0.4 is 10.6 Å². The Bertz CT molecular complexity index is 543. The average Bonchev–Trinajstić information content (AvgIpc) is 3.38. The van der Waals surface area contributed by atoms with Crippen LogP contribution in [0.25, 0.3) is 0 Å². The van der Waals surface area contributed by atoms with Crippen molar-refractivity contribution in [3.63, 3.8) is 0 Å². The first kappa shape index (κ1) is 18.5. The summed E-state index contributed by atoms with van der Waals surface area (Å²) >= 11 is 0. The van der Waals surface area contributed by atoms with Crippen molar-refractivity contribution in [2.24, 2.45) is 0 Å². The number of hydrogen-bond donors (Lipinski definition) is 2. The third-order valence-corrected chi connectivity index (χ3v) is 4.47. The number of nitrogens with zero attached hydrogens (tertiary/aromatic N) is 1. The first-order chi connectivity index (χ1) is 11.5. The minimum Gasteiger partial charge on any atom is -0.352 e. The van der Waals surface area contributed by atoms with Gasteiger partial charge in [0.15, 0.2) is 0 Å². The number of hydrogen-bond acceptors (Lipinski definition) is 3. The summed E-state index contributed by atoms with van der Waals surface area (Å²) in [5, 5.41) is 6.08. The molecule has 0 aromatic heterocycles. The normalized spacial score (nSPS) is 16.5. The predicted octanol–water partition coefficient (Wildman–Crippen LogP) is 2.24. The maximum atomic E-state index is 12.6. The van der Waals surface area contributed by atoms with E-state index in [2.05, 4.69) is 17.6 Å². The molecule has 2 atom stereocenters. The molecule has 2 amide bonds. The molecule has 5 nitrogen and oxygen atoms in total. The van der Waals surface area contributed by atoms with E-state index in [4.69, 9.17) is 0 Å². The second-order valence-electron chi connectivity index (χ2n) is 6.69. The average molecular weight is 331 g/mol. The smallest absolute Gasteiger partial charge is 0.237 e. The maximum absolute atomic E-state index is 12.6. The lowest BCUT2D eigenvalue weighted by atomic mass is 10.0. The van der Waals surface area contributed by atoms with Crippen molar-refractivity contribution >= 4 is 11.8 Å². The topological polar surface area (TPSA) is 61.4 Å². The van der Waals surface area contributed by atoms with Crippen LogP contribution in [-0.2, 0) is 9.59 Å². The van der Waals surface area contributed by atoms with Crippen molar-refractivity contribution in [1.29, 1.82) is 0 Å². The molecule has 1 fully saturated rings. The summed E-state index contributed by atoms with van der Waals surface area (Å²) in [7, 11) is 1.81. The molecule has 1 aromatic rings. The summed E-state index contributed by atoms with van der Waals surface area (Å²) < 4.78 is 0. The van der Waals surface area contributed by atoms with Gasteiger partial charge >= 0.3 is 0 Å². The molecule has 132 valence electrons. The van der Waals surface area contributed by atoms with Gasteiger partial charge in [-0.25, -0.2) is 0 Å². The molecule has 1 aliphatic rings. The van der Waals surface area contributed by atoms with E-state index in [-0.39, 0.29) is 30.4 Å². The summed E-state index contributed by atoms with van der Waals surface area (Å²) in [6.07, 6.45) is 4.03. The van der Waals surface area contributed by atoms with Gasteiger partial charge in [0, 0.05) is 6.04 Å². The molecule has 0 heterocycles. The van der Waals surface area contributed by atoms with Crippen molar-refractivity contribution in [1.82, 2.24) is 15.5 Å². The van der Waals surface area contributed by atoms with E-state index < -0.39 is 0 Å². The van der Waals surface area contributed by atoms with Crippen molar-refractivity contribution in [2.75, 3.05) is 13.6 Å². The molecule has 0 spiro atoms. The number of amides is 2. The standard InChI is InChI=1S/C19H29N3O2/c1-4-8-17(15-9-6-5-7-10-15)21-19(24)14(2)22(3)13-18(23)20-16-11-12-16/h5-7,9-10,14,16-17H,4,8,11-13H2,1-3H3,(H,20,23)(H,21,24)/t14-,17+/m1/s1. The number of nitrogens with one attached hydrogen (secondary N) is 2. The molecular formula is C19H29N3O2. The number of benzene rings is 1. The molecule has 1 saturated carbocycles. The first-order valence-corrected chi connectivity index (χ1v) is 8.86. The lowest BCUT2D eigenvalue weighted by molar-refractivity contribution is -0.128. The molecule has 0 bridgehead atoms. The van der Waals surface area contributed by atoms with E-state index in [9.17, 15) is 9.59 Å². The van der Waals surface area contributed by atoms with Crippen LogP contribution in [0.1, 0.15) is 51.1 Å². The highest BCUT2D eigenvalue weighted by Crippen LogP contribution is 2.19. The van der Waals surface area contributed by atoms with Gasteiger partial charge in [-0.3, -0.25) is 14.5 Å². The number of carbonyl (C=O) groups is 2. The summed E-state index contributed by atoms with van der Waals surface area (Å²) in [5.74, 6) is -0.0492. The number of carbonyl (C=O) groups excluding carboxylic acids is 2. The van der Waals surface area contributed by atoms with E-state index in [0.717, 1.165) is 31.2 Å². The van der Waals surface area contributed by atoms with Gasteiger partial charge < -0.3 is 10.6 Å². The van der Waals surface area contributed by atoms with Crippen LogP contribution in [-0.4, -0.2) is 42.4 Å². The quantitative estimate of drug-likeness (QED) is 0.729. The van der Waals surface area contributed by atoms with Crippen LogP contribution in [0.5, 0.6) is 0 Å². The lowest BCUT2D eigenvalue weighted by Gasteiger charge is -2.26. The van der Waals surface area contributed by atoms with Gasteiger partial charge in [0.25, 0.3) is 0 Å². The molecule has 0 saturated heterocycles. The minimum atomic E-state index is -0.349. The highest BCUT2D eigenvalue weighted by Gasteiger charge is 2.26. The van der Waals surface area contributed by atoms with Crippen molar-refractivity contribution < 1.29 is 9.59 Å². The molecule has 5 heteroatoms. The first-order valence-electron chi connectivity index (χ1n) is 8.86. The summed E-state index contributed by atoms with van der Waals surface area (Å²) in [6.45, 7) is 4.20. The van der Waals surface area contributed by atoms with Crippen molar-refractivity contribution in [2.45, 2.75) is 57.7 Å². The largest absolute Gasteiger partial charge is 0.352 e. The third-order valence-electron chi connectivity index (χ3n) is 4.47. The third kappa shape index (κ3) is 5.64. The fourth-order valence-corrected chi connectivity index (χ4v) is 2.65. The van der Waals surface area contributed by atoms with Gasteiger partial charge in [-0.2, -0.15) is 0 Å². The Morgan fingerprint density at radius 1 is 1.25 bits per heavy atom. The van der Waals surface area contributed by atoms with Crippen LogP contribution in [0.2, 0.25) is 0 Å². The Kier molecular flexibility index (Phi) is 6.79. The fourth-order valence-electron chi connectivity index (χ4n) is 2.65. The summed E-state index contributed by atoms with van der Waals surface area (Å²) in [6, 6.07) is 10.0. The zero-order valence-electron chi connectivity index (χ0n) is 14.9. The molecule has 0 unspecified atom stereocenters. The van der Waals surface area contributed by atoms with Gasteiger partial charge in [0.2, 0.25) is 11.8 Å². The van der Waals surface area contributed by atoms with E-state index in [1.807, 2.05) is 44.3 Å². The van der Waals surface area contributed by atoms with Gasteiger partial charge in [0.05, 0.1) is 18.6 Å². The fraction of sp³-hybridized carbons (Fsp3) is 0.579. The summed E-state index contributed by atoms with van der Waals surface area (Å²) in [5.41, 5.74) is 1.12. The molecule has 0 aliphatic heterocycles. The highest BCUT2D eigenvalue weighted by molar-refractivity contribution is 5.83. The SMILES string of the molecule is CCC[C@H](NC(=O)[C@@H](C)N(C)CC(=O)NC1CC1)c1ccccc1. The number of likely N-dealkylation sites (N-methyl/N-ethyl adjacent to an activating group) is 1. The predicted molar refractivity (Wildman–Crippen MR) is 95.5 cm³/mol. The Morgan fingerprint density at radius 2 is 1.92 bits per heavy atom. The Labute approximate surface area is 144 Å². The lowest BCUT2D eigenvalue weighted by Crippen LogP contribution is -2.48. The Morgan fingerprint density at radius 3 is 2.50 bits per heavy atom. The van der Waals surface area contributed by atoms with E-state index in [1.54, 1.807) is 4.90 Å². The van der Waals surface area contributed by atoms with Crippen molar-refractivity contribution in [3.05, 3.63) is 35.9 Å². The van der Waals surface area contributed by atoms with Gasteiger partial charge in [-0.15, -0.1) is 0 Å². The van der Waals surface area contributed by atoms with E-state index in [1.165, 1.54) is 0 Å². The van der Waals surface area contributed by atoms with Gasteiger partial charge in [-0.05, 0) is 38.8 Å². The number of rotatable bonds is 9. The molecule has 2 rings (SSSR count). The molecule has 0 radical (unpaired) electrons. The van der Waals surface area contributed by atoms with Crippen LogP contribution in [0.3, 0.4) is 0 Å². The van der Waals surface area contributed by atoms with E-state index >= 15 is 0 Å². The highest BCUT2D eigenvalue weighted by atomic mass is 16.2. The van der Waals surface area contributed by atoms with Gasteiger partial charge in [0.1, 0.15) is 0 Å². The molecule has 2 N–H and O–H groups in total.